The molecule has 0 saturated heterocycles. The lowest BCUT2D eigenvalue weighted by atomic mass is 10.1. The average Bonchev–Trinajstić information content (AvgIpc) is 2.85. The number of non-ortho nitro benzene ring substituents is 1. The Balaban J connectivity index is 1.56. The van der Waals surface area contributed by atoms with E-state index in [0.29, 0.717) is 5.75 Å². The molecule has 4 aromatic rings. The summed E-state index contributed by atoms with van der Waals surface area (Å²) in [4.78, 5) is 23.0. The van der Waals surface area contributed by atoms with Gasteiger partial charge in [-0.05, 0) is 54.6 Å². The fraction of sp³-hybridized carbons (Fsp3) is 0.0400. The van der Waals surface area contributed by atoms with Gasteiger partial charge in [0.25, 0.3) is 11.4 Å². The molecule has 0 aromatic heterocycles. The smallest absolute Gasteiger partial charge is 0.282 e. The average molecular weight is 441 g/mol. The summed E-state index contributed by atoms with van der Waals surface area (Å²) in [5, 5.41) is 22.2. The SMILES string of the molecule is O=[N+]([O-])c1ccc(COc2ccc(N(c3ccccc3)c3ccccc3)cc2)c([N+](=O)[O-])c1. The first kappa shape index (κ1) is 21.5. The number of nitrogens with zero attached hydrogens (tertiary/aromatic N) is 3. The van der Waals surface area contributed by atoms with Gasteiger partial charge in [-0.15, -0.1) is 0 Å². The van der Waals surface area contributed by atoms with E-state index in [1.54, 1.807) is 12.1 Å². The second-order valence-corrected chi connectivity index (χ2v) is 7.12. The van der Waals surface area contributed by atoms with E-state index in [4.69, 9.17) is 4.74 Å². The van der Waals surface area contributed by atoms with Gasteiger partial charge < -0.3 is 9.64 Å². The Hall–Kier alpha value is -4.72. The highest BCUT2D eigenvalue weighted by molar-refractivity contribution is 5.76. The number of para-hydroxylation sites is 2. The van der Waals surface area contributed by atoms with Crippen molar-refractivity contribution >= 4 is 28.4 Å². The van der Waals surface area contributed by atoms with Crippen molar-refractivity contribution in [3.05, 3.63) is 129 Å². The maximum absolute atomic E-state index is 11.3. The molecule has 164 valence electrons. The van der Waals surface area contributed by atoms with Gasteiger partial charge in [-0.25, -0.2) is 0 Å². The van der Waals surface area contributed by atoms with Gasteiger partial charge in [0.15, 0.2) is 0 Å². The van der Waals surface area contributed by atoms with E-state index in [2.05, 4.69) is 4.90 Å². The lowest BCUT2D eigenvalue weighted by molar-refractivity contribution is -0.394. The first-order chi connectivity index (χ1) is 16.0. The summed E-state index contributed by atoms with van der Waals surface area (Å²) in [6.07, 6.45) is 0. The third kappa shape index (κ3) is 4.96. The third-order valence-corrected chi connectivity index (χ3v) is 4.99. The topological polar surface area (TPSA) is 98.8 Å². The molecule has 0 heterocycles. The van der Waals surface area contributed by atoms with E-state index in [-0.39, 0.29) is 23.5 Å². The quantitative estimate of drug-likeness (QED) is 0.227. The standard InChI is InChI=1S/C25H19N3O5/c29-27(30)23-12-11-19(25(17-23)28(31)32)18-33-24-15-13-22(14-16-24)26(20-7-3-1-4-8-20)21-9-5-2-6-10-21/h1-17H,18H2. The Kier molecular flexibility index (Phi) is 6.26. The fourth-order valence-corrected chi connectivity index (χ4v) is 3.41. The number of anilines is 3. The van der Waals surface area contributed by atoms with Crippen molar-refractivity contribution in [3.8, 4) is 5.75 Å². The Morgan fingerprint density at radius 3 is 1.73 bits per heavy atom. The Morgan fingerprint density at radius 1 is 0.667 bits per heavy atom. The number of nitro groups is 2. The molecule has 0 fully saturated rings. The maximum atomic E-state index is 11.3. The zero-order chi connectivity index (χ0) is 23.2. The van der Waals surface area contributed by atoms with Gasteiger partial charge in [-0.3, -0.25) is 20.2 Å². The van der Waals surface area contributed by atoms with Gasteiger partial charge in [0, 0.05) is 23.1 Å². The first-order valence-electron chi connectivity index (χ1n) is 10.1. The lowest BCUT2D eigenvalue weighted by Gasteiger charge is -2.25. The first-order valence-corrected chi connectivity index (χ1v) is 10.1. The van der Waals surface area contributed by atoms with E-state index in [9.17, 15) is 20.2 Å². The molecule has 4 rings (SSSR count). The van der Waals surface area contributed by atoms with Crippen LogP contribution in [0.2, 0.25) is 0 Å². The van der Waals surface area contributed by atoms with Crippen molar-refractivity contribution in [1.29, 1.82) is 0 Å². The molecule has 33 heavy (non-hydrogen) atoms. The fourth-order valence-electron chi connectivity index (χ4n) is 3.41. The van der Waals surface area contributed by atoms with Crippen LogP contribution in [0.1, 0.15) is 5.56 Å². The summed E-state index contributed by atoms with van der Waals surface area (Å²) in [6, 6.07) is 30.8. The molecule has 8 heteroatoms. The molecule has 0 bridgehead atoms. The Morgan fingerprint density at radius 2 is 1.21 bits per heavy atom. The molecule has 0 aliphatic carbocycles. The number of rotatable bonds is 8. The van der Waals surface area contributed by atoms with Crippen molar-refractivity contribution in [2.45, 2.75) is 6.61 Å². The number of nitro benzene ring substituents is 2. The second-order valence-electron chi connectivity index (χ2n) is 7.12. The highest BCUT2D eigenvalue weighted by Gasteiger charge is 2.20. The minimum Gasteiger partial charge on any atom is -0.489 e. The second kappa shape index (κ2) is 9.61. The van der Waals surface area contributed by atoms with E-state index < -0.39 is 9.85 Å². The van der Waals surface area contributed by atoms with Crippen molar-refractivity contribution in [2.75, 3.05) is 4.90 Å². The largest absolute Gasteiger partial charge is 0.489 e. The molecular formula is C25H19N3O5. The van der Waals surface area contributed by atoms with Crippen molar-refractivity contribution < 1.29 is 14.6 Å². The van der Waals surface area contributed by atoms with Gasteiger partial charge in [0.1, 0.15) is 12.4 Å². The summed E-state index contributed by atoms with van der Waals surface area (Å²) < 4.78 is 5.74. The predicted octanol–water partition coefficient (Wildman–Crippen LogP) is 6.55. The highest BCUT2D eigenvalue weighted by atomic mass is 16.6. The summed E-state index contributed by atoms with van der Waals surface area (Å²) in [6.45, 7) is -0.0886. The van der Waals surface area contributed by atoms with Crippen LogP contribution >= 0.6 is 0 Å². The van der Waals surface area contributed by atoms with E-state index >= 15 is 0 Å². The number of hydrogen-bond acceptors (Lipinski definition) is 6. The van der Waals surface area contributed by atoms with Crippen LogP contribution in [0.4, 0.5) is 28.4 Å². The van der Waals surface area contributed by atoms with Crippen LogP contribution in [-0.4, -0.2) is 9.85 Å². The molecule has 0 amide bonds. The molecule has 0 unspecified atom stereocenters. The zero-order valence-electron chi connectivity index (χ0n) is 17.4. The summed E-state index contributed by atoms with van der Waals surface area (Å²) in [7, 11) is 0. The van der Waals surface area contributed by atoms with Crippen molar-refractivity contribution in [2.24, 2.45) is 0 Å². The summed E-state index contributed by atoms with van der Waals surface area (Å²) in [5.41, 5.74) is 2.49. The normalized spacial score (nSPS) is 10.4. The van der Waals surface area contributed by atoms with E-state index in [1.807, 2.05) is 72.8 Å². The number of benzene rings is 4. The van der Waals surface area contributed by atoms with Crippen LogP contribution in [0, 0.1) is 20.2 Å². The van der Waals surface area contributed by atoms with E-state index in [1.165, 1.54) is 12.1 Å². The molecule has 0 aliphatic heterocycles. The van der Waals surface area contributed by atoms with Gasteiger partial charge >= 0.3 is 0 Å². The highest BCUT2D eigenvalue weighted by Crippen LogP contribution is 2.35. The number of hydrogen-bond donors (Lipinski definition) is 0. The maximum Gasteiger partial charge on any atom is 0.282 e. The molecule has 0 radical (unpaired) electrons. The van der Waals surface area contributed by atoms with Crippen LogP contribution < -0.4 is 9.64 Å². The summed E-state index contributed by atoms with van der Waals surface area (Å²) >= 11 is 0. The predicted molar refractivity (Wildman–Crippen MR) is 125 cm³/mol. The van der Waals surface area contributed by atoms with Crippen LogP contribution in [0.5, 0.6) is 5.75 Å². The molecule has 0 aliphatic rings. The Bertz CT molecular complexity index is 1220. The molecule has 0 N–H and O–H groups in total. The Labute approximate surface area is 189 Å². The molecular weight excluding hydrogens is 422 g/mol. The van der Waals surface area contributed by atoms with Crippen LogP contribution in [0.15, 0.2) is 103 Å². The van der Waals surface area contributed by atoms with Gasteiger partial charge in [-0.1, -0.05) is 36.4 Å². The molecule has 0 spiro atoms. The lowest BCUT2D eigenvalue weighted by Crippen LogP contribution is -2.09. The summed E-state index contributed by atoms with van der Waals surface area (Å²) in [5.74, 6) is 0.521. The third-order valence-electron chi connectivity index (χ3n) is 4.99. The molecule has 8 nitrogen and oxygen atoms in total. The van der Waals surface area contributed by atoms with Crippen molar-refractivity contribution in [1.82, 2.24) is 0 Å². The molecule has 0 saturated carbocycles. The van der Waals surface area contributed by atoms with Gasteiger partial charge in [0.05, 0.1) is 21.5 Å². The minimum atomic E-state index is -0.665. The van der Waals surface area contributed by atoms with E-state index in [0.717, 1.165) is 23.1 Å². The monoisotopic (exact) mass is 441 g/mol. The minimum absolute atomic E-state index is 0.0886. The van der Waals surface area contributed by atoms with Gasteiger partial charge in [0.2, 0.25) is 0 Å². The van der Waals surface area contributed by atoms with Gasteiger partial charge in [-0.2, -0.15) is 0 Å². The number of ether oxygens (including phenoxy) is 1. The zero-order valence-corrected chi connectivity index (χ0v) is 17.4. The van der Waals surface area contributed by atoms with Crippen LogP contribution in [0.3, 0.4) is 0 Å². The van der Waals surface area contributed by atoms with Crippen LogP contribution in [0.25, 0.3) is 0 Å². The van der Waals surface area contributed by atoms with Crippen LogP contribution in [-0.2, 0) is 6.61 Å². The van der Waals surface area contributed by atoms with Crippen molar-refractivity contribution in [3.63, 3.8) is 0 Å². The molecule has 0 atom stereocenters. The molecule has 4 aromatic carbocycles.